The molecule has 110 valence electrons. The van der Waals surface area contributed by atoms with Crippen LogP contribution in [0.3, 0.4) is 0 Å². The van der Waals surface area contributed by atoms with Crippen LogP contribution >= 0.6 is 31.9 Å². The SMILES string of the molecule is Cc1cc(OCC(=O)Nc2ccccc2Br)c(C)cc1Br. The molecule has 1 amide bonds. The summed E-state index contributed by atoms with van der Waals surface area (Å²) < 4.78 is 7.47. The first-order chi connectivity index (χ1) is 9.97. The molecule has 5 heteroatoms. The molecule has 0 bridgehead atoms. The fourth-order valence-electron chi connectivity index (χ4n) is 1.80. The maximum Gasteiger partial charge on any atom is 0.262 e. The number of halogens is 2. The van der Waals surface area contributed by atoms with Gasteiger partial charge in [0.1, 0.15) is 5.75 Å². The van der Waals surface area contributed by atoms with Crippen LogP contribution in [-0.2, 0) is 4.79 Å². The molecule has 0 spiro atoms. The molecule has 2 rings (SSSR count). The van der Waals surface area contributed by atoms with Gasteiger partial charge in [-0.2, -0.15) is 0 Å². The Balaban J connectivity index is 1.99. The van der Waals surface area contributed by atoms with Crippen molar-refractivity contribution >= 4 is 43.5 Å². The van der Waals surface area contributed by atoms with Gasteiger partial charge >= 0.3 is 0 Å². The van der Waals surface area contributed by atoms with Crippen molar-refractivity contribution in [3.8, 4) is 5.75 Å². The van der Waals surface area contributed by atoms with Crippen molar-refractivity contribution in [1.29, 1.82) is 0 Å². The average Bonchev–Trinajstić information content (AvgIpc) is 2.44. The molecule has 0 saturated carbocycles. The quantitative estimate of drug-likeness (QED) is 0.779. The van der Waals surface area contributed by atoms with E-state index in [1.807, 2.05) is 50.2 Å². The van der Waals surface area contributed by atoms with Gasteiger partial charge in [0.2, 0.25) is 0 Å². The number of rotatable bonds is 4. The summed E-state index contributed by atoms with van der Waals surface area (Å²) in [4.78, 5) is 11.9. The number of aryl methyl sites for hydroxylation is 2. The van der Waals surface area contributed by atoms with Crippen LogP contribution in [0.5, 0.6) is 5.75 Å². The lowest BCUT2D eigenvalue weighted by atomic mass is 10.1. The van der Waals surface area contributed by atoms with E-state index in [1.165, 1.54) is 0 Å². The van der Waals surface area contributed by atoms with E-state index in [0.717, 1.165) is 31.5 Å². The Morgan fingerprint density at radius 3 is 2.52 bits per heavy atom. The van der Waals surface area contributed by atoms with Gasteiger partial charge in [0, 0.05) is 8.95 Å². The van der Waals surface area contributed by atoms with Gasteiger partial charge in [-0.25, -0.2) is 0 Å². The lowest BCUT2D eigenvalue weighted by molar-refractivity contribution is -0.118. The third-order valence-corrected chi connectivity index (χ3v) is 4.51. The minimum atomic E-state index is -0.193. The molecule has 2 aromatic rings. The normalized spacial score (nSPS) is 10.3. The van der Waals surface area contributed by atoms with Gasteiger partial charge in [-0.3, -0.25) is 4.79 Å². The van der Waals surface area contributed by atoms with Crippen molar-refractivity contribution in [2.75, 3.05) is 11.9 Å². The Kier molecular flexibility index (Phi) is 5.42. The predicted molar refractivity (Wildman–Crippen MR) is 91.9 cm³/mol. The number of carbonyl (C=O) groups excluding carboxylic acids is 1. The van der Waals surface area contributed by atoms with Crippen LogP contribution in [-0.4, -0.2) is 12.5 Å². The van der Waals surface area contributed by atoms with E-state index in [4.69, 9.17) is 4.74 Å². The lowest BCUT2D eigenvalue weighted by Crippen LogP contribution is -2.20. The third kappa shape index (κ3) is 4.32. The van der Waals surface area contributed by atoms with Gasteiger partial charge in [-0.1, -0.05) is 28.1 Å². The van der Waals surface area contributed by atoms with Crippen molar-refractivity contribution in [2.24, 2.45) is 0 Å². The highest BCUT2D eigenvalue weighted by Gasteiger charge is 2.08. The number of anilines is 1. The predicted octanol–water partition coefficient (Wildman–Crippen LogP) is 4.85. The maximum absolute atomic E-state index is 11.9. The molecule has 3 nitrogen and oxygen atoms in total. The van der Waals surface area contributed by atoms with Gasteiger partial charge in [-0.15, -0.1) is 0 Å². The summed E-state index contributed by atoms with van der Waals surface area (Å²) in [6, 6.07) is 11.4. The Bertz CT molecular complexity index is 671. The molecule has 0 aliphatic carbocycles. The van der Waals surface area contributed by atoms with Crippen LogP contribution in [0.4, 0.5) is 5.69 Å². The minimum Gasteiger partial charge on any atom is -0.483 e. The summed E-state index contributed by atoms with van der Waals surface area (Å²) in [6.45, 7) is 3.91. The molecule has 0 fully saturated rings. The maximum atomic E-state index is 11.9. The second kappa shape index (κ2) is 7.09. The Morgan fingerprint density at radius 1 is 1.10 bits per heavy atom. The fourth-order valence-corrected chi connectivity index (χ4v) is 2.64. The highest BCUT2D eigenvalue weighted by atomic mass is 79.9. The molecule has 21 heavy (non-hydrogen) atoms. The summed E-state index contributed by atoms with van der Waals surface area (Å²) in [6.07, 6.45) is 0. The third-order valence-electron chi connectivity index (χ3n) is 2.96. The molecule has 0 aliphatic heterocycles. The topological polar surface area (TPSA) is 38.3 Å². The van der Waals surface area contributed by atoms with E-state index in [0.29, 0.717) is 0 Å². The van der Waals surface area contributed by atoms with E-state index in [-0.39, 0.29) is 12.5 Å². The zero-order valence-electron chi connectivity index (χ0n) is 11.7. The zero-order valence-corrected chi connectivity index (χ0v) is 14.9. The fraction of sp³-hybridized carbons (Fsp3) is 0.188. The van der Waals surface area contributed by atoms with E-state index in [9.17, 15) is 4.79 Å². The van der Waals surface area contributed by atoms with Crippen molar-refractivity contribution in [2.45, 2.75) is 13.8 Å². The zero-order chi connectivity index (χ0) is 15.4. The number of carbonyl (C=O) groups is 1. The number of para-hydroxylation sites is 1. The Labute approximate surface area is 141 Å². The number of hydrogen-bond donors (Lipinski definition) is 1. The first-order valence-corrected chi connectivity index (χ1v) is 8.00. The van der Waals surface area contributed by atoms with E-state index < -0.39 is 0 Å². The smallest absolute Gasteiger partial charge is 0.262 e. The summed E-state index contributed by atoms with van der Waals surface area (Å²) in [5, 5.41) is 2.81. The van der Waals surface area contributed by atoms with E-state index in [2.05, 4.69) is 37.2 Å². The Hall–Kier alpha value is -1.33. The van der Waals surface area contributed by atoms with Gasteiger partial charge in [-0.05, 0) is 65.2 Å². The molecular formula is C16H15Br2NO2. The second-order valence-corrected chi connectivity index (χ2v) is 6.39. The summed E-state index contributed by atoms with van der Waals surface area (Å²) >= 11 is 6.86. The molecule has 2 aromatic carbocycles. The van der Waals surface area contributed by atoms with Gasteiger partial charge in [0.15, 0.2) is 6.61 Å². The van der Waals surface area contributed by atoms with Gasteiger partial charge in [0.25, 0.3) is 5.91 Å². The van der Waals surface area contributed by atoms with Crippen LogP contribution in [0.25, 0.3) is 0 Å². The van der Waals surface area contributed by atoms with Gasteiger partial charge < -0.3 is 10.1 Å². The molecule has 0 radical (unpaired) electrons. The molecule has 0 aliphatic rings. The molecule has 0 saturated heterocycles. The summed E-state index contributed by atoms with van der Waals surface area (Å²) in [7, 11) is 0. The van der Waals surface area contributed by atoms with Crippen LogP contribution in [0.15, 0.2) is 45.3 Å². The van der Waals surface area contributed by atoms with Crippen molar-refractivity contribution in [1.82, 2.24) is 0 Å². The average molecular weight is 413 g/mol. The van der Waals surface area contributed by atoms with Crippen molar-refractivity contribution < 1.29 is 9.53 Å². The van der Waals surface area contributed by atoms with Crippen molar-refractivity contribution in [3.63, 3.8) is 0 Å². The Morgan fingerprint density at radius 2 is 1.81 bits per heavy atom. The van der Waals surface area contributed by atoms with Crippen LogP contribution < -0.4 is 10.1 Å². The molecular weight excluding hydrogens is 398 g/mol. The highest BCUT2D eigenvalue weighted by molar-refractivity contribution is 9.10. The van der Waals surface area contributed by atoms with E-state index >= 15 is 0 Å². The van der Waals surface area contributed by atoms with E-state index in [1.54, 1.807) is 0 Å². The standard InChI is InChI=1S/C16H15Br2NO2/c1-10-8-15(11(2)7-13(10)18)21-9-16(20)19-14-6-4-3-5-12(14)17/h3-8H,9H2,1-2H3,(H,19,20). The molecule has 0 unspecified atom stereocenters. The summed E-state index contributed by atoms with van der Waals surface area (Å²) in [5.74, 6) is 0.528. The molecule has 1 N–H and O–H groups in total. The summed E-state index contributed by atoms with van der Waals surface area (Å²) in [5.41, 5.74) is 2.79. The number of ether oxygens (including phenoxy) is 1. The van der Waals surface area contributed by atoms with Crippen molar-refractivity contribution in [3.05, 3.63) is 56.5 Å². The first kappa shape index (κ1) is 16.0. The lowest BCUT2D eigenvalue weighted by Gasteiger charge is -2.12. The molecule has 0 aromatic heterocycles. The number of hydrogen-bond acceptors (Lipinski definition) is 2. The molecule has 0 heterocycles. The first-order valence-electron chi connectivity index (χ1n) is 6.41. The second-order valence-electron chi connectivity index (χ2n) is 4.68. The van der Waals surface area contributed by atoms with Crippen LogP contribution in [0.2, 0.25) is 0 Å². The van der Waals surface area contributed by atoms with Crippen LogP contribution in [0, 0.1) is 13.8 Å². The number of nitrogens with one attached hydrogen (secondary N) is 1. The number of benzene rings is 2. The van der Waals surface area contributed by atoms with Crippen LogP contribution in [0.1, 0.15) is 11.1 Å². The number of amides is 1. The van der Waals surface area contributed by atoms with Gasteiger partial charge in [0.05, 0.1) is 5.69 Å². The highest BCUT2D eigenvalue weighted by Crippen LogP contribution is 2.26. The largest absolute Gasteiger partial charge is 0.483 e. The minimum absolute atomic E-state index is 0.0246. The monoisotopic (exact) mass is 411 g/mol. The molecule has 0 atom stereocenters.